The molecule has 1 saturated heterocycles. The Morgan fingerprint density at radius 3 is 2.45 bits per heavy atom. The number of carbonyl (C=O) groups is 3. The van der Waals surface area contributed by atoms with Gasteiger partial charge in [-0.05, 0) is 37.7 Å². The Morgan fingerprint density at radius 2 is 1.79 bits per heavy atom. The topological polar surface area (TPSA) is 95.7 Å². The summed E-state index contributed by atoms with van der Waals surface area (Å²) in [6, 6.07) is 8.70. The van der Waals surface area contributed by atoms with Crippen LogP contribution >= 0.6 is 0 Å². The van der Waals surface area contributed by atoms with Gasteiger partial charge in [-0.3, -0.25) is 14.4 Å². The van der Waals surface area contributed by atoms with E-state index in [1.165, 1.54) is 4.90 Å². The molecule has 158 valence electrons. The standard InChI is InChI=1S/C22H32N4O3/c1-2-3-13-25-14-15-26(22(29)21(25)28)19(16-7-5-4-6-8-16)20(27)24-18-11-9-17(23)10-12-18/h4-8,17-19H,2-3,9-15,23H2,1H3,(H,24,27)/t17?,18?,19-/m0/s1. The second-order valence-electron chi connectivity index (χ2n) is 8.08. The third-order valence-electron chi connectivity index (χ3n) is 5.92. The molecule has 1 aliphatic carbocycles. The monoisotopic (exact) mass is 400 g/mol. The van der Waals surface area contributed by atoms with Gasteiger partial charge in [0.05, 0.1) is 0 Å². The molecule has 3 amide bonds. The Bertz CT molecular complexity index is 716. The normalized spacial score (nSPS) is 23.8. The van der Waals surface area contributed by atoms with Gasteiger partial charge in [0.15, 0.2) is 0 Å². The molecule has 2 aliphatic rings. The molecule has 3 N–H and O–H groups in total. The molecule has 0 aromatic heterocycles. The van der Waals surface area contributed by atoms with Crippen LogP contribution in [0.1, 0.15) is 57.1 Å². The molecule has 1 atom stereocenters. The van der Waals surface area contributed by atoms with E-state index in [9.17, 15) is 14.4 Å². The van der Waals surface area contributed by atoms with Crippen molar-refractivity contribution in [1.82, 2.24) is 15.1 Å². The van der Waals surface area contributed by atoms with Gasteiger partial charge in [0, 0.05) is 31.7 Å². The summed E-state index contributed by atoms with van der Waals surface area (Å²) in [5.74, 6) is -1.33. The lowest BCUT2D eigenvalue weighted by atomic mass is 9.91. The molecule has 0 spiro atoms. The Labute approximate surface area is 172 Å². The molecule has 1 aromatic carbocycles. The quantitative estimate of drug-likeness (QED) is 0.680. The van der Waals surface area contributed by atoms with E-state index < -0.39 is 17.9 Å². The van der Waals surface area contributed by atoms with E-state index in [1.807, 2.05) is 30.3 Å². The Balaban J connectivity index is 1.76. The number of hydrogen-bond acceptors (Lipinski definition) is 4. The first-order chi connectivity index (χ1) is 14.0. The van der Waals surface area contributed by atoms with Gasteiger partial charge in [0.1, 0.15) is 6.04 Å². The lowest BCUT2D eigenvalue weighted by Crippen LogP contribution is -2.58. The third-order valence-corrected chi connectivity index (χ3v) is 5.92. The van der Waals surface area contributed by atoms with E-state index in [1.54, 1.807) is 4.90 Å². The van der Waals surface area contributed by atoms with Crippen molar-refractivity contribution in [3.8, 4) is 0 Å². The van der Waals surface area contributed by atoms with Crippen LogP contribution < -0.4 is 11.1 Å². The summed E-state index contributed by atoms with van der Waals surface area (Å²) in [4.78, 5) is 41.8. The zero-order valence-corrected chi connectivity index (χ0v) is 17.2. The number of hydrogen-bond donors (Lipinski definition) is 2. The van der Waals surface area contributed by atoms with Crippen LogP contribution in [-0.4, -0.2) is 59.2 Å². The van der Waals surface area contributed by atoms with Gasteiger partial charge in [-0.1, -0.05) is 43.7 Å². The highest BCUT2D eigenvalue weighted by Crippen LogP contribution is 2.25. The number of rotatable bonds is 7. The summed E-state index contributed by atoms with van der Waals surface area (Å²) in [6.07, 6.45) is 5.27. The maximum Gasteiger partial charge on any atom is 0.313 e. The first-order valence-corrected chi connectivity index (χ1v) is 10.7. The van der Waals surface area contributed by atoms with Crippen LogP contribution in [0.4, 0.5) is 0 Å². The van der Waals surface area contributed by atoms with Crippen LogP contribution in [0, 0.1) is 0 Å². The minimum Gasteiger partial charge on any atom is -0.351 e. The summed E-state index contributed by atoms with van der Waals surface area (Å²) in [6.45, 7) is 3.45. The smallest absolute Gasteiger partial charge is 0.313 e. The summed E-state index contributed by atoms with van der Waals surface area (Å²) < 4.78 is 0. The zero-order chi connectivity index (χ0) is 20.8. The average Bonchev–Trinajstić information content (AvgIpc) is 2.73. The van der Waals surface area contributed by atoms with Crippen molar-refractivity contribution >= 4 is 17.7 Å². The maximum atomic E-state index is 13.2. The molecule has 29 heavy (non-hydrogen) atoms. The van der Waals surface area contributed by atoms with E-state index in [2.05, 4.69) is 12.2 Å². The van der Waals surface area contributed by atoms with Crippen molar-refractivity contribution < 1.29 is 14.4 Å². The average molecular weight is 401 g/mol. The number of carbonyl (C=O) groups excluding carboxylic acids is 3. The predicted molar refractivity (Wildman–Crippen MR) is 111 cm³/mol. The number of unbranched alkanes of at least 4 members (excludes halogenated alkanes) is 1. The fourth-order valence-electron chi connectivity index (χ4n) is 4.15. The first kappa shape index (κ1) is 21.3. The minimum atomic E-state index is -0.795. The molecule has 1 aliphatic heterocycles. The maximum absolute atomic E-state index is 13.2. The molecule has 7 nitrogen and oxygen atoms in total. The molecular formula is C22H32N4O3. The third kappa shape index (κ3) is 5.15. The predicted octanol–water partition coefficient (Wildman–Crippen LogP) is 1.58. The fourth-order valence-corrected chi connectivity index (χ4v) is 4.15. The fraction of sp³-hybridized carbons (Fsp3) is 0.591. The molecule has 0 unspecified atom stereocenters. The van der Waals surface area contributed by atoms with Crippen LogP contribution in [0.5, 0.6) is 0 Å². The number of nitrogens with one attached hydrogen (secondary N) is 1. The van der Waals surface area contributed by atoms with E-state index in [0.29, 0.717) is 19.6 Å². The van der Waals surface area contributed by atoms with Gasteiger partial charge in [0.2, 0.25) is 5.91 Å². The van der Waals surface area contributed by atoms with Gasteiger partial charge in [0.25, 0.3) is 0 Å². The molecule has 1 aromatic rings. The Hall–Kier alpha value is -2.41. The van der Waals surface area contributed by atoms with E-state index in [4.69, 9.17) is 5.73 Å². The molecule has 2 fully saturated rings. The highest BCUT2D eigenvalue weighted by Gasteiger charge is 2.40. The van der Waals surface area contributed by atoms with E-state index in [0.717, 1.165) is 44.1 Å². The first-order valence-electron chi connectivity index (χ1n) is 10.7. The number of piperazine rings is 1. The largest absolute Gasteiger partial charge is 0.351 e. The van der Waals surface area contributed by atoms with Crippen molar-refractivity contribution in [1.29, 1.82) is 0 Å². The molecule has 3 rings (SSSR count). The summed E-state index contributed by atoms with van der Waals surface area (Å²) >= 11 is 0. The summed E-state index contributed by atoms with van der Waals surface area (Å²) in [5, 5.41) is 3.10. The Morgan fingerprint density at radius 1 is 1.10 bits per heavy atom. The highest BCUT2D eigenvalue weighted by molar-refractivity contribution is 6.35. The molecule has 0 radical (unpaired) electrons. The van der Waals surface area contributed by atoms with Crippen LogP contribution in [0.25, 0.3) is 0 Å². The summed E-state index contributed by atoms with van der Waals surface area (Å²) in [7, 11) is 0. The number of benzene rings is 1. The van der Waals surface area contributed by atoms with Crippen LogP contribution in [0.15, 0.2) is 30.3 Å². The molecule has 0 bridgehead atoms. The van der Waals surface area contributed by atoms with E-state index >= 15 is 0 Å². The van der Waals surface area contributed by atoms with Crippen molar-refractivity contribution in [3.05, 3.63) is 35.9 Å². The van der Waals surface area contributed by atoms with Crippen molar-refractivity contribution in [2.75, 3.05) is 19.6 Å². The second kappa shape index (κ2) is 9.87. The van der Waals surface area contributed by atoms with Crippen molar-refractivity contribution in [2.45, 2.75) is 63.6 Å². The summed E-state index contributed by atoms with van der Waals surface area (Å²) in [5.41, 5.74) is 6.69. The van der Waals surface area contributed by atoms with Gasteiger partial charge in [-0.15, -0.1) is 0 Å². The van der Waals surface area contributed by atoms with Crippen LogP contribution in [0.3, 0.4) is 0 Å². The molecular weight excluding hydrogens is 368 g/mol. The highest BCUT2D eigenvalue weighted by atomic mass is 16.2. The molecule has 1 heterocycles. The number of nitrogens with two attached hydrogens (primary N) is 1. The zero-order valence-electron chi connectivity index (χ0n) is 17.2. The lowest BCUT2D eigenvalue weighted by Gasteiger charge is -2.38. The minimum absolute atomic E-state index is 0.0603. The SMILES string of the molecule is CCCCN1CCN([C@H](C(=O)NC2CCC(N)CC2)c2ccccc2)C(=O)C1=O. The number of amides is 3. The molecule has 7 heteroatoms. The van der Waals surface area contributed by atoms with Gasteiger partial charge in [-0.25, -0.2) is 0 Å². The number of nitrogens with zero attached hydrogens (tertiary/aromatic N) is 2. The second-order valence-corrected chi connectivity index (χ2v) is 8.08. The molecule has 1 saturated carbocycles. The van der Waals surface area contributed by atoms with Gasteiger partial charge in [-0.2, -0.15) is 0 Å². The van der Waals surface area contributed by atoms with Gasteiger partial charge < -0.3 is 20.9 Å². The lowest BCUT2D eigenvalue weighted by molar-refractivity contribution is -0.159. The van der Waals surface area contributed by atoms with Crippen molar-refractivity contribution in [3.63, 3.8) is 0 Å². The Kier molecular flexibility index (Phi) is 7.25. The van der Waals surface area contributed by atoms with Crippen LogP contribution in [0.2, 0.25) is 0 Å². The van der Waals surface area contributed by atoms with Crippen molar-refractivity contribution in [2.24, 2.45) is 5.73 Å². The van der Waals surface area contributed by atoms with E-state index in [-0.39, 0.29) is 18.0 Å². The van der Waals surface area contributed by atoms with Gasteiger partial charge >= 0.3 is 11.8 Å². The van der Waals surface area contributed by atoms with Crippen LogP contribution in [-0.2, 0) is 14.4 Å².